The Morgan fingerprint density at radius 1 is 1.06 bits per heavy atom. The number of amides is 1. The predicted octanol–water partition coefficient (Wildman–Crippen LogP) is 1.53. The first-order valence-electron chi connectivity index (χ1n) is 4.93. The molecule has 1 aromatic carbocycles. The third kappa shape index (κ3) is 3.14. The average Bonchev–Trinajstić information content (AvgIpc) is 2.30. The Labute approximate surface area is 111 Å². The third-order valence-electron chi connectivity index (χ3n) is 2.60. The van der Waals surface area contributed by atoms with Gasteiger partial charge in [0.15, 0.2) is 0 Å². The standard InChI is InChI=1S/C11H12ClN2O.Fe/c12-10-1-3-11(4-2-10)14-7-5-13(9-15)6-8-14;/h1-4H,5-8H2;/q-1;. The average molecular weight is 280 g/mol. The van der Waals surface area contributed by atoms with Crippen LogP contribution in [0.2, 0.25) is 5.02 Å². The Morgan fingerprint density at radius 2 is 1.62 bits per heavy atom. The molecule has 0 radical (unpaired) electrons. The molecule has 0 unspecified atom stereocenters. The summed E-state index contributed by atoms with van der Waals surface area (Å²) in [6, 6.07) is 7.77. The molecule has 1 aliphatic heterocycles. The predicted molar refractivity (Wildman–Crippen MR) is 60.9 cm³/mol. The molecule has 5 heteroatoms. The van der Waals surface area contributed by atoms with Crippen LogP contribution in [0.15, 0.2) is 24.3 Å². The third-order valence-corrected chi connectivity index (χ3v) is 2.85. The van der Waals surface area contributed by atoms with E-state index < -0.39 is 0 Å². The first-order valence-corrected chi connectivity index (χ1v) is 5.30. The van der Waals surface area contributed by atoms with Crippen molar-refractivity contribution in [1.29, 1.82) is 0 Å². The number of halogens is 1. The fourth-order valence-electron chi connectivity index (χ4n) is 1.71. The quantitative estimate of drug-likeness (QED) is 0.605. The van der Waals surface area contributed by atoms with Crippen LogP contribution >= 0.6 is 11.6 Å². The minimum atomic E-state index is 0. The number of nitrogens with zero attached hydrogens (tertiary/aromatic N) is 2. The normalized spacial score (nSPS) is 15.6. The molecular formula is C11H12ClFeN2O-. The van der Waals surface area contributed by atoms with Crippen molar-refractivity contribution in [3.05, 3.63) is 29.3 Å². The van der Waals surface area contributed by atoms with Gasteiger partial charge in [-0.2, -0.15) is 6.41 Å². The molecule has 0 bridgehead atoms. The van der Waals surface area contributed by atoms with E-state index in [-0.39, 0.29) is 17.1 Å². The second-order valence-electron chi connectivity index (χ2n) is 3.54. The van der Waals surface area contributed by atoms with Gasteiger partial charge in [0.25, 0.3) is 0 Å². The van der Waals surface area contributed by atoms with Crippen LogP contribution in [0.4, 0.5) is 5.69 Å². The summed E-state index contributed by atoms with van der Waals surface area (Å²) in [4.78, 5) is 14.3. The van der Waals surface area contributed by atoms with Gasteiger partial charge in [0, 0.05) is 54.0 Å². The molecule has 1 heterocycles. The summed E-state index contributed by atoms with van der Waals surface area (Å²) < 4.78 is 0. The van der Waals surface area contributed by atoms with Gasteiger partial charge in [-0.1, -0.05) is 11.6 Å². The maximum Gasteiger partial charge on any atom is 0.0407 e. The van der Waals surface area contributed by atoms with Crippen molar-refractivity contribution in [1.82, 2.24) is 4.90 Å². The van der Waals surface area contributed by atoms with Gasteiger partial charge in [-0.15, -0.1) is 0 Å². The van der Waals surface area contributed by atoms with Gasteiger partial charge < -0.3 is 14.6 Å². The Morgan fingerprint density at radius 3 is 2.12 bits per heavy atom. The summed E-state index contributed by atoms with van der Waals surface area (Å²) in [6.07, 6.45) is 1.92. The van der Waals surface area contributed by atoms with Crippen molar-refractivity contribution >= 4 is 23.7 Å². The van der Waals surface area contributed by atoms with Crippen molar-refractivity contribution < 1.29 is 21.9 Å². The second kappa shape index (κ2) is 6.14. The molecule has 16 heavy (non-hydrogen) atoms. The molecule has 2 rings (SSSR count). The van der Waals surface area contributed by atoms with Gasteiger partial charge >= 0.3 is 0 Å². The van der Waals surface area contributed by atoms with E-state index in [4.69, 9.17) is 11.6 Å². The molecule has 0 aromatic heterocycles. The van der Waals surface area contributed by atoms with E-state index in [0.717, 1.165) is 36.9 Å². The molecule has 0 atom stereocenters. The van der Waals surface area contributed by atoms with Crippen molar-refractivity contribution in [2.24, 2.45) is 0 Å². The molecule has 1 fully saturated rings. The zero-order chi connectivity index (χ0) is 10.7. The fourth-order valence-corrected chi connectivity index (χ4v) is 1.83. The molecule has 3 nitrogen and oxygen atoms in total. The summed E-state index contributed by atoms with van der Waals surface area (Å²) >= 11 is 5.82. The van der Waals surface area contributed by atoms with Crippen molar-refractivity contribution in [3.63, 3.8) is 0 Å². The maximum atomic E-state index is 10.4. The summed E-state index contributed by atoms with van der Waals surface area (Å²) in [5.74, 6) is 0. The van der Waals surface area contributed by atoms with E-state index >= 15 is 0 Å². The monoisotopic (exact) mass is 279 g/mol. The van der Waals surface area contributed by atoms with Crippen LogP contribution in [0, 0.1) is 0 Å². The van der Waals surface area contributed by atoms with Gasteiger partial charge in [-0.3, -0.25) is 0 Å². The summed E-state index contributed by atoms with van der Waals surface area (Å²) in [5.41, 5.74) is 1.16. The second-order valence-corrected chi connectivity index (χ2v) is 3.98. The van der Waals surface area contributed by atoms with Gasteiger partial charge in [0.2, 0.25) is 0 Å². The van der Waals surface area contributed by atoms with Crippen LogP contribution in [-0.4, -0.2) is 37.5 Å². The molecule has 0 N–H and O–H groups in total. The van der Waals surface area contributed by atoms with Crippen LogP contribution < -0.4 is 4.90 Å². The van der Waals surface area contributed by atoms with E-state index in [9.17, 15) is 4.79 Å². The fraction of sp³-hybridized carbons (Fsp3) is 0.364. The number of rotatable bonds is 2. The summed E-state index contributed by atoms with van der Waals surface area (Å²) in [6.45, 7) is 3.20. The van der Waals surface area contributed by atoms with E-state index in [1.165, 1.54) is 0 Å². The zero-order valence-corrected chi connectivity index (χ0v) is 10.5. The Hall–Kier alpha value is -0.701. The SMILES string of the molecule is O=[C-]N1CCN(c2ccc(Cl)cc2)CC1.[Fe]. The number of anilines is 1. The molecule has 0 aliphatic carbocycles. The van der Waals surface area contributed by atoms with E-state index in [1.54, 1.807) is 4.90 Å². The van der Waals surface area contributed by atoms with E-state index in [2.05, 4.69) is 4.90 Å². The van der Waals surface area contributed by atoms with Crippen molar-refractivity contribution in [3.8, 4) is 0 Å². The number of hydrogen-bond acceptors (Lipinski definition) is 2. The van der Waals surface area contributed by atoms with E-state index in [1.807, 2.05) is 30.7 Å². The zero-order valence-electron chi connectivity index (χ0n) is 8.67. The molecular weight excluding hydrogens is 267 g/mol. The first-order chi connectivity index (χ1) is 7.29. The van der Waals surface area contributed by atoms with Crippen LogP contribution in [-0.2, 0) is 21.9 Å². The number of hydrogen-bond donors (Lipinski definition) is 0. The number of carbonyl (C=O) groups excluding carboxylic acids is 1. The van der Waals surface area contributed by atoms with Gasteiger partial charge in [-0.05, 0) is 24.3 Å². The van der Waals surface area contributed by atoms with Gasteiger partial charge in [0.1, 0.15) is 0 Å². The summed E-state index contributed by atoms with van der Waals surface area (Å²) in [7, 11) is 0. The Bertz CT molecular complexity index is 336. The number of benzene rings is 1. The van der Waals surface area contributed by atoms with Gasteiger partial charge in [0.05, 0.1) is 0 Å². The van der Waals surface area contributed by atoms with Gasteiger partial charge in [-0.25, -0.2) is 0 Å². The molecule has 0 spiro atoms. The summed E-state index contributed by atoms with van der Waals surface area (Å²) in [5, 5.41) is 0.749. The molecule has 0 saturated carbocycles. The molecule has 1 amide bonds. The molecule has 1 saturated heterocycles. The van der Waals surface area contributed by atoms with Crippen LogP contribution in [0.3, 0.4) is 0 Å². The Kier molecular flexibility index (Phi) is 5.13. The van der Waals surface area contributed by atoms with Crippen LogP contribution in [0.25, 0.3) is 0 Å². The molecule has 88 valence electrons. The number of piperazine rings is 1. The van der Waals surface area contributed by atoms with E-state index in [0.29, 0.717) is 0 Å². The largest absolute Gasteiger partial charge is 0.520 e. The minimum absolute atomic E-state index is 0. The molecule has 1 aromatic rings. The first kappa shape index (κ1) is 13.4. The van der Waals surface area contributed by atoms with Crippen molar-refractivity contribution in [2.75, 3.05) is 31.1 Å². The Balaban J connectivity index is 0.00000128. The van der Waals surface area contributed by atoms with Crippen LogP contribution in [0.1, 0.15) is 0 Å². The smallest absolute Gasteiger partial charge is 0.0407 e. The van der Waals surface area contributed by atoms with Crippen LogP contribution in [0.5, 0.6) is 0 Å². The topological polar surface area (TPSA) is 23.6 Å². The minimum Gasteiger partial charge on any atom is -0.520 e. The van der Waals surface area contributed by atoms with Crippen molar-refractivity contribution in [2.45, 2.75) is 0 Å². The molecule has 1 aliphatic rings. The maximum absolute atomic E-state index is 10.4.